The number of halogens is 3. The van der Waals surface area contributed by atoms with Crippen molar-refractivity contribution in [2.24, 2.45) is 0 Å². The van der Waals surface area contributed by atoms with E-state index in [1.54, 1.807) is 6.92 Å². The van der Waals surface area contributed by atoms with Crippen molar-refractivity contribution in [3.8, 4) is 11.9 Å². The maximum Gasteiger partial charge on any atom is 0.416 e. The molecule has 2 aromatic rings. The molecule has 1 aliphatic heterocycles. The van der Waals surface area contributed by atoms with Crippen LogP contribution in [0.5, 0.6) is 5.88 Å². The lowest BCUT2D eigenvalue weighted by Crippen LogP contribution is -2.39. The van der Waals surface area contributed by atoms with Crippen LogP contribution in [-0.4, -0.2) is 66.3 Å². The van der Waals surface area contributed by atoms with Crippen LogP contribution in [0.15, 0.2) is 24.3 Å². The second-order valence-corrected chi connectivity index (χ2v) is 8.02. The minimum atomic E-state index is -4.55. The zero-order valence-corrected chi connectivity index (χ0v) is 19.8. The van der Waals surface area contributed by atoms with E-state index in [9.17, 15) is 23.2 Å². The summed E-state index contributed by atoms with van der Waals surface area (Å²) >= 11 is 0. The van der Waals surface area contributed by atoms with Gasteiger partial charge < -0.3 is 25.8 Å². The maximum absolute atomic E-state index is 13.2. The molecule has 1 atom stereocenters. The topological polar surface area (TPSA) is 138 Å². The molecule has 0 saturated carbocycles. The Hall–Kier alpha value is -3.63. The van der Waals surface area contributed by atoms with E-state index < -0.39 is 23.7 Å². The van der Waals surface area contributed by atoms with E-state index in [-0.39, 0.29) is 35.5 Å². The molecule has 1 amide bonds. The first-order chi connectivity index (χ1) is 17.2. The number of carbonyl (C=O) groups excluding carboxylic acids is 1. The number of benzene rings is 1. The summed E-state index contributed by atoms with van der Waals surface area (Å²) in [6.07, 6.45) is -3.65. The lowest BCUT2D eigenvalue weighted by Gasteiger charge is -2.27. The van der Waals surface area contributed by atoms with E-state index >= 15 is 0 Å². The van der Waals surface area contributed by atoms with Gasteiger partial charge in [-0.1, -0.05) is 6.07 Å². The van der Waals surface area contributed by atoms with E-state index in [2.05, 4.69) is 25.5 Å². The number of nitrogen functional groups attached to an aromatic ring is 1. The first-order valence-electron chi connectivity index (χ1n) is 11.5. The fourth-order valence-corrected chi connectivity index (χ4v) is 3.68. The van der Waals surface area contributed by atoms with Gasteiger partial charge in [0.05, 0.1) is 25.4 Å². The van der Waals surface area contributed by atoms with Crippen LogP contribution in [0.1, 0.15) is 30.9 Å². The number of nitrogens with one attached hydrogen (secondary N) is 2. The molecule has 0 radical (unpaired) electrons. The van der Waals surface area contributed by atoms with Crippen molar-refractivity contribution < 1.29 is 27.4 Å². The minimum absolute atomic E-state index is 0.00372. The van der Waals surface area contributed by atoms with E-state index in [1.165, 1.54) is 12.1 Å². The van der Waals surface area contributed by atoms with Gasteiger partial charge in [0.2, 0.25) is 17.7 Å². The number of nitrogens with two attached hydrogens (primary N) is 1. The molecule has 0 unspecified atom stereocenters. The Morgan fingerprint density at radius 1 is 1.33 bits per heavy atom. The van der Waals surface area contributed by atoms with Crippen molar-refractivity contribution >= 4 is 23.4 Å². The highest BCUT2D eigenvalue weighted by Gasteiger charge is 2.31. The predicted octanol–water partition coefficient (Wildman–Crippen LogP) is 2.88. The van der Waals surface area contributed by atoms with Crippen LogP contribution < -0.4 is 21.1 Å². The summed E-state index contributed by atoms with van der Waals surface area (Å²) in [5.41, 5.74) is 4.85. The Morgan fingerprint density at radius 2 is 2.08 bits per heavy atom. The van der Waals surface area contributed by atoms with Crippen molar-refractivity contribution in [2.45, 2.75) is 32.0 Å². The van der Waals surface area contributed by atoms with Crippen molar-refractivity contribution in [3.63, 3.8) is 0 Å². The monoisotopic (exact) mass is 507 g/mol. The van der Waals surface area contributed by atoms with Crippen LogP contribution in [0.2, 0.25) is 0 Å². The lowest BCUT2D eigenvalue weighted by molar-refractivity contribution is -0.137. The average molecular weight is 508 g/mol. The third-order valence-electron chi connectivity index (χ3n) is 5.44. The van der Waals surface area contributed by atoms with Gasteiger partial charge in [0.1, 0.15) is 12.1 Å². The van der Waals surface area contributed by atoms with E-state index in [1.807, 2.05) is 6.07 Å². The van der Waals surface area contributed by atoms with Crippen LogP contribution >= 0.6 is 0 Å². The average Bonchev–Trinajstić information content (AvgIpc) is 2.84. The largest absolute Gasteiger partial charge is 0.477 e. The van der Waals surface area contributed by atoms with Crippen LogP contribution in [0, 0.1) is 11.3 Å². The van der Waals surface area contributed by atoms with E-state index in [0.29, 0.717) is 32.6 Å². The number of nitrogens with zero attached hydrogens (tertiary/aromatic N) is 4. The molecule has 10 nitrogen and oxygen atoms in total. The fourth-order valence-electron chi connectivity index (χ4n) is 3.68. The molecule has 0 bridgehead atoms. The maximum atomic E-state index is 13.2. The highest BCUT2D eigenvalue weighted by Crippen LogP contribution is 2.31. The first-order valence-corrected chi connectivity index (χ1v) is 11.5. The second-order valence-electron chi connectivity index (χ2n) is 8.02. The molecule has 13 heteroatoms. The van der Waals surface area contributed by atoms with Gasteiger partial charge in [-0.25, -0.2) is 0 Å². The van der Waals surface area contributed by atoms with Gasteiger partial charge >= 0.3 is 6.18 Å². The molecule has 2 heterocycles. The molecule has 1 aromatic heterocycles. The molecule has 3 rings (SSSR count). The Morgan fingerprint density at radius 3 is 2.75 bits per heavy atom. The van der Waals surface area contributed by atoms with Crippen LogP contribution in [0.3, 0.4) is 0 Å². The molecular formula is C23H28F3N7O3. The quantitative estimate of drug-likeness (QED) is 0.443. The first kappa shape index (κ1) is 27.0. The van der Waals surface area contributed by atoms with Crippen molar-refractivity contribution in [1.29, 1.82) is 5.26 Å². The van der Waals surface area contributed by atoms with E-state index in [4.69, 9.17) is 15.2 Å². The molecule has 0 spiro atoms. The van der Waals surface area contributed by atoms with Crippen molar-refractivity contribution in [3.05, 3.63) is 35.4 Å². The molecule has 1 aromatic carbocycles. The number of rotatable bonds is 10. The van der Waals surface area contributed by atoms with Gasteiger partial charge in [-0.3, -0.25) is 9.69 Å². The normalized spacial score (nSPS) is 15.1. The molecule has 1 fully saturated rings. The number of carbonyl (C=O) groups is 1. The fraction of sp³-hybridized carbons (Fsp3) is 0.478. The predicted molar refractivity (Wildman–Crippen MR) is 126 cm³/mol. The zero-order valence-electron chi connectivity index (χ0n) is 19.8. The van der Waals surface area contributed by atoms with Gasteiger partial charge in [0, 0.05) is 18.8 Å². The lowest BCUT2D eigenvalue weighted by atomic mass is 10.1. The minimum Gasteiger partial charge on any atom is -0.477 e. The number of anilines is 3. The summed E-state index contributed by atoms with van der Waals surface area (Å²) in [4.78, 5) is 23.4. The number of nitriles is 1. The SMILES string of the molecule is CCOc1nc(N)nc(N[C@@H](CCCN2CCOCC2)C(=O)Nc2cccc(C(F)(F)F)c2)c1C#N. The molecule has 1 aliphatic rings. The molecule has 36 heavy (non-hydrogen) atoms. The van der Waals surface area contributed by atoms with Crippen molar-refractivity contribution in [2.75, 3.05) is 55.8 Å². The summed E-state index contributed by atoms with van der Waals surface area (Å²) in [5, 5.41) is 15.1. The molecule has 4 N–H and O–H groups in total. The highest BCUT2D eigenvalue weighted by atomic mass is 19.4. The highest BCUT2D eigenvalue weighted by molar-refractivity contribution is 5.96. The van der Waals surface area contributed by atoms with Gasteiger partial charge in [0.15, 0.2) is 11.4 Å². The van der Waals surface area contributed by atoms with E-state index in [0.717, 1.165) is 25.2 Å². The molecule has 194 valence electrons. The summed E-state index contributed by atoms with van der Waals surface area (Å²) in [6.45, 7) is 5.43. The van der Waals surface area contributed by atoms with Gasteiger partial charge in [0.25, 0.3) is 0 Å². The van der Waals surface area contributed by atoms with Gasteiger partial charge in [-0.2, -0.15) is 28.4 Å². The standard InChI is InChI=1S/C23H28F3N7O3/c1-2-36-21-17(14-27)19(31-22(28)32-21)30-18(7-4-8-33-9-11-35-12-10-33)20(34)29-16-6-3-5-15(13-16)23(24,25)26/h3,5-6,13,18H,2,4,7-12H2,1H3,(H,29,34)(H3,28,30,31,32)/t18-/m0/s1. The number of amides is 1. The number of aromatic nitrogens is 2. The summed E-state index contributed by atoms with van der Waals surface area (Å²) < 4.78 is 50.0. The number of morpholine rings is 1. The Balaban J connectivity index is 1.81. The Bertz CT molecular complexity index is 1090. The smallest absolute Gasteiger partial charge is 0.416 e. The van der Waals surface area contributed by atoms with Crippen LogP contribution in [0.4, 0.5) is 30.6 Å². The molecular weight excluding hydrogens is 479 g/mol. The molecule has 1 saturated heterocycles. The third-order valence-corrected chi connectivity index (χ3v) is 5.44. The Kier molecular flexibility index (Phi) is 9.26. The number of hydrogen-bond donors (Lipinski definition) is 3. The molecule has 0 aliphatic carbocycles. The summed E-state index contributed by atoms with van der Waals surface area (Å²) in [6, 6.07) is 5.39. The third kappa shape index (κ3) is 7.43. The number of ether oxygens (including phenoxy) is 2. The second kappa shape index (κ2) is 12.4. The zero-order chi connectivity index (χ0) is 26.1. The number of hydrogen-bond acceptors (Lipinski definition) is 9. The van der Waals surface area contributed by atoms with Gasteiger partial charge in [-0.15, -0.1) is 0 Å². The number of alkyl halides is 3. The summed E-state index contributed by atoms with van der Waals surface area (Å²) in [7, 11) is 0. The van der Waals surface area contributed by atoms with Gasteiger partial charge in [-0.05, 0) is 44.5 Å². The van der Waals surface area contributed by atoms with Crippen molar-refractivity contribution in [1.82, 2.24) is 14.9 Å². The Labute approximate surface area is 206 Å². The van der Waals surface area contributed by atoms with Crippen LogP contribution in [-0.2, 0) is 15.7 Å². The summed E-state index contributed by atoms with van der Waals surface area (Å²) in [5.74, 6) is -0.773. The van der Waals surface area contributed by atoms with Crippen LogP contribution in [0.25, 0.3) is 0 Å².